The zero-order chi connectivity index (χ0) is 48.2. The summed E-state index contributed by atoms with van der Waals surface area (Å²) in [7, 11) is -1.44. The fraction of sp³-hybridized carbons (Fsp3) is 0.323. The third kappa shape index (κ3) is 9.80. The first-order valence-corrected chi connectivity index (χ1v) is 28.3. The molecule has 69 heavy (non-hydrogen) atoms. The fourth-order valence-electron chi connectivity index (χ4n) is 10.3. The maximum atomic E-state index is 6.19. The summed E-state index contributed by atoms with van der Waals surface area (Å²) in [5.41, 5.74) is 16.4. The van der Waals surface area contributed by atoms with Gasteiger partial charge in [-0.25, -0.2) is 0 Å². The molecule has 0 fully saturated rings. The van der Waals surface area contributed by atoms with Gasteiger partial charge in [0.15, 0.2) is 0 Å². The SMILES string of the molecule is CC(C)Cc1cc(-c2[c-]ccc3c2oc2ccccc23)ncc1[Si](C)(C)C.CCn1c2c[c-]c(-c3nc4ccccc4n3-c3c(C(C)C)cccc3C(C)C)cc2c2cc(CC(C)(C)C)ccc21.[Ir]. The van der Waals surface area contributed by atoms with Crippen LogP contribution in [0.25, 0.3) is 83.1 Å². The molecule has 0 amide bonds. The molecule has 0 unspecified atom stereocenters. The number of para-hydroxylation sites is 4. The van der Waals surface area contributed by atoms with Gasteiger partial charge in [0.25, 0.3) is 0 Å². The molecule has 6 aromatic carbocycles. The van der Waals surface area contributed by atoms with Crippen LogP contribution in [0.4, 0.5) is 0 Å². The molecule has 0 aliphatic carbocycles. The van der Waals surface area contributed by atoms with E-state index in [2.05, 4.69) is 213 Å². The number of benzene rings is 6. The molecule has 0 saturated carbocycles. The fourth-order valence-corrected chi connectivity index (χ4v) is 11.9. The predicted octanol–water partition coefficient (Wildman–Crippen LogP) is 16.6. The van der Waals surface area contributed by atoms with E-state index in [0.717, 1.165) is 75.0 Å². The van der Waals surface area contributed by atoms with Crippen LogP contribution in [0.5, 0.6) is 0 Å². The minimum absolute atomic E-state index is 0. The number of pyridine rings is 1. The van der Waals surface area contributed by atoms with Crippen LogP contribution < -0.4 is 5.19 Å². The largest absolute Gasteiger partial charge is 0.501 e. The van der Waals surface area contributed by atoms with Crippen LogP contribution in [0.15, 0.2) is 126 Å². The van der Waals surface area contributed by atoms with E-state index in [4.69, 9.17) is 14.4 Å². The molecule has 0 N–H and O–H groups in total. The molecule has 10 rings (SSSR count). The second-order valence-electron chi connectivity index (χ2n) is 22.1. The summed E-state index contributed by atoms with van der Waals surface area (Å²) in [4.78, 5) is 10.1. The number of furan rings is 1. The standard InChI is InChI=1S/C38H42N3.C24H26NOSi.Ir/c1-9-40-33-19-17-26(23-38(6,7)8)21-30(33)31-22-27(18-20-34(31)40)37-39-32-15-10-11-16-35(32)41(37)36-28(24(2)3)13-12-14-29(36)25(4)5;1-16(2)13-17-14-21(25-15-23(17)27(3,4)5)20-11-8-10-19-18-9-6-7-12-22(18)26-24(19)20;/h10-17,19-22,24-25H,9,23H2,1-8H3;6-10,12,14-16H,13H2,1-5H3;/q2*-1;. The number of nitrogens with zero attached hydrogens (tertiary/aromatic N) is 4. The van der Waals surface area contributed by atoms with Crippen molar-refractivity contribution in [3.63, 3.8) is 0 Å². The smallest absolute Gasteiger partial charge is 0.120 e. The Kier molecular flexibility index (Phi) is 14.2. The van der Waals surface area contributed by atoms with Crippen molar-refractivity contribution in [2.24, 2.45) is 11.3 Å². The Morgan fingerprint density at radius 3 is 2.09 bits per heavy atom. The van der Waals surface area contributed by atoms with Crippen LogP contribution in [0.1, 0.15) is 103 Å². The Balaban J connectivity index is 0.000000199. The molecule has 5 nitrogen and oxygen atoms in total. The van der Waals surface area contributed by atoms with Crippen LogP contribution in [0, 0.1) is 23.5 Å². The van der Waals surface area contributed by atoms with Crippen molar-refractivity contribution in [3.05, 3.63) is 156 Å². The van der Waals surface area contributed by atoms with E-state index in [-0.39, 0.29) is 25.5 Å². The first-order valence-electron chi connectivity index (χ1n) is 24.8. The second-order valence-corrected chi connectivity index (χ2v) is 27.1. The number of fused-ring (bicyclic) bond motifs is 7. The van der Waals surface area contributed by atoms with Gasteiger partial charge in [-0.05, 0) is 106 Å². The minimum atomic E-state index is -1.44. The summed E-state index contributed by atoms with van der Waals surface area (Å²) >= 11 is 0. The molecule has 357 valence electrons. The van der Waals surface area contributed by atoms with Gasteiger partial charge in [0.1, 0.15) is 5.58 Å². The van der Waals surface area contributed by atoms with E-state index in [9.17, 15) is 0 Å². The summed E-state index contributed by atoms with van der Waals surface area (Å²) < 4.78 is 11.0. The molecule has 1 radical (unpaired) electrons. The van der Waals surface area contributed by atoms with Gasteiger partial charge in [0.2, 0.25) is 0 Å². The van der Waals surface area contributed by atoms with E-state index >= 15 is 0 Å². The quantitative estimate of drug-likeness (QED) is 0.101. The summed E-state index contributed by atoms with van der Waals surface area (Å²) in [6, 6.07) is 48.4. The molecular formula is C62H68IrN4OSi-2. The van der Waals surface area contributed by atoms with Gasteiger partial charge < -0.3 is 18.5 Å². The number of hydrogen-bond donors (Lipinski definition) is 0. The van der Waals surface area contributed by atoms with E-state index < -0.39 is 8.07 Å². The summed E-state index contributed by atoms with van der Waals surface area (Å²) in [6.07, 6.45) is 4.23. The molecule has 4 heterocycles. The van der Waals surface area contributed by atoms with E-state index in [1.54, 1.807) is 0 Å². The molecule has 0 atom stereocenters. The summed E-state index contributed by atoms with van der Waals surface area (Å²) in [5.74, 6) is 2.33. The molecule has 0 saturated heterocycles. The third-order valence-corrected chi connectivity index (χ3v) is 15.4. The normalized spacial score (nSPS) is 12.3. The van der Waals surface area contributed by atoms with Crippen LogP contribution in [-0.4, -0.2) is 27.2 Å². The van der Waals surface area contributed by atoms with Crippen molar-refractivity contribution in [2.75, 3.05) is 0 Å². The zero-order valence-corrected chi connectivity index (χ0v) is 46.3. The maximum Gasteiger partial charge on any atom is 0.120 e. The molecule has 0 spiro atoms. The van der Waals surface area contributed by atoms with Gasteiger partial charge in [0.05, 0.1) is 30.5 Å². The van der Waals surface area contributed by atoms with Gasteiger partial charge in [0, 0.05) is 49.4 Å². The molecule has 4 aromatic heterocycles. The van der Waals surface area contributed by atoms with Crippen molar-refractivity contribution in [1.29, 1.82) is 0 Å². The molecule has 7 heteroatoms. The van der Waals surface area contributed by atoms with Gasteiger partial charge in [-0.1, -0.05) is 171 Å². The second kappa shape index (κ2) is 19.7. The number of aryl methyl sites for hydroxylation is 1. The van der Waals surface area contributed by atoms with Gasteiger partial charge in [-0.3, -0.25) is 4.98 Å². The van der Waals surface area contributed by atoms with E-state index in [0.29, 0.717) is 17.8 Å². The number of hydrogen-bond acceptors (Lipinski definition) is 3. The van der Waals surface area contributed by atoms with Crippen LogP contribution in [-0.2, 0) is 39.5 Å². The Hall–Kier alpha value is -5.59. The van der Waals surface area contributed by atoms with E-state index in [1.165, 1.54) is 54.9 Å². The maximum absolute atomic E-state index is 6.19. The van der Waals surface area contributed by atoms with Gasteiger partial charge in [-0.2, -0.15) is 0 Å². The molecular weight excluding hydrogens is 1040 g/mol. The summed E-state index contributed by atoms with van der Waals surface area (Å²) in [6.45, 7) is 30.9. The Morgan fingerprint density at radius 2 is 1.41 bits per heavy atom. The summed E-state index contributed by atoms with van der Waals surface area (Å²) in [5, 5.41) is 6.31. The average molecular weight is 1110 g/mol. The first-order chi connectivity index (χ1) is 32.4. The minimum Gasteiger partial charge on any atom is -0.501 e. The molecule has 0 aliphatic heterocycles. The van der Waals surface area contributed by atoms with Gasteiger partial charge >= 0.3 is 0 Å². The van der Waals surface area contributed by atoms with Crippen LogP contribution in [0.3, 0.4) is 0 Å². The topological polar surface area (TPSA) is 48.8 Å². The Labute approximate surface area is 424 Å². The first kappa shape index (κ1) is 49.8. The number of aromatic nitrogens is 4. The monoisotopic (exact) mass is 1110 g/mol. The van der Waals surface area contributed by atoms with Crippen LogP contribution >= 0.6 is 0 Å². The van der Waals surface area contributed by atoms with E-state index in [1.807, 2.05) is 18.2 Å². The molecule has 10 aromatic rings. The van der Waals surface area contributed by atoms with Crippen molar-refractivity contribution >= 4 is 68.0 Å². The number of rotatable bonds is 10. The van der Waals surface area contributed by atoms with Crippen molar-refractivity contribution in [1.82, 2.24) is 19.1 Å². The number of imidazole rings is 1. The molecule has 0 aliphatic rings. The average Bonchev–Trinajstić information content (AvgIpc) is 3.97. The zero-order valence-electron chi connectivity index (χ0n) is 42.9. The third-order valence-electron chi connectivity index (χ3n) is 13.3. The van der Waals surface area contributed by atoms with Crippen molar-refractivity contribution in [3.8, 4) is 28.3 Å². The van der Waals surface area contributed by atoms with Crippen molar-refractivity contribution < 1.29 is 24.5 Å². The Morgan fingerprint density at radius 1 is 0.710 bits per heavy atom. The van der Waals surface area contributed by atoms with Crippen molar-refractivity contribution in [2.45, 2.75) is 120 Å². The Bertz CT molecular complexity index is 3440. The van der Waals surface area contributed by atoms with Gasteiger partial charge in [-0.15, -0.1) is 42.0 Å². The molecule has 0 bridgehead atoms. The van der Waals surface area contributed by atoms with Crippen LogP contribution in [0.2, 0.25) is 19.6 Å². The predicted molar refractivity (Wildman–Crippen MR) is 293 cm³/mol.